The number of carbonyl (C=O) groups excluding carboxylic acids is 1. The molecule has 0 saturated carbocycles. The predicted molar refractivity (Wildman–Crippen MR) is 83.5 cm³/mol. The van der Waals surface area contributed by atoms with Crippen LogP contribution in [0.3, 0.4) is 0 Å². The standard InChI is InChI=1S/C16H16ClN3O/c1-16(2,3)15-18-8-9-6-13(21)19-12-5-4-10(17)7-11(12)14(9)20-15/h4-5,7-8H,6H2,1-3H3,(H,19,21). The van der Waals surface area contributed by atoms with Crippen molar-refractivity contribution >= 4 is 23.2 Å². The lowest BCUT2D eigenvalue weighted by atomic mass is 9.94. The SMILES string of the molecule is CC(C)(C)c1ncc2c(n1)-c1cc(Cl)ccc1NC(=O)C2. The number of anilines is 1. The van der Waals surface area contributed by atoms with E-state index in [2.05, 4.69) is 31.1 Å². The third kappa shape index (κ3) is 2.63. The van der Waals surface area contributed by atoms with E-state index in [1.54, 1.807) is 12.3 Å². The second-order valence-corrected chi connectivity index (χ2v) is 6.67. The molecule has 3 rings (SSSR count). The van der Waals surface area contributed by atoms with E-state index in [-0.39, 0.29) is 17.7 Å². The molecule has 1 N–H and O–H groups in total. The summed E-state index contributed by atoms with van der Waals surface area (Å²) in [6, 6.07) is 5.40. The first-order valence-corrected chi connectivity index (χ1v) is 7.18. The minimum absolute atomic E-state index is 0.0653. The molecule has 1 aliphatic heterocycles. The molecule has 0 radical (unpaired) electrons. The van der Waals surface area contributed by atoms with E-state index < -0.39 is 0 Å². The Hall–Kier alpha value is -1.94. The molecule has 4 nitrogen and oxygen atoms in total. The van der Waals surface area contributed by atoms with Gasteiger partial charge in [-0.2, -0.15) is 0 Å². The number of hydrogen-bond acceptors (Lipinski definition) is 3. The van der Waals surface area contributed by atoms with Crippen molar-refractivity contribution in [1.82, 2.24) is 9.97 Å². The molecule has 1 aromatic heterocycles. The molecule has 1 aromatic carbocycles. The van der Waals surface area contributed by atoms with Crippen LogP contribution in [0.25, 0.3) is 11.3 Å². The molecule has 0 spiro atoms. The monoisotopic (exact) mass is 301 g/mol. The smallest absolute Gasteiger partial charge is 0.228 e. The highest BCUT2D eigenvalue weighted by molar-refractivity contribution is 6.31. The van der Waals surface area contributed by atoms with Crippen molar-refractivity contribution in [2.75, 3.05) is 5.32 Å². The summed E-state index contributed by atoms with van der Waals surface area (Å²) in [7, 11) is 0. The number of hydrogen-bond donors (Lipinski definition) is 1. The Balaban J connectivity index is 2.27. The highest BCUT2D eigenvalue weighted by atomic mass is 35.5. The Kier molecular flexibility index (Phi) is 3.21. The molecule has 0 bridgehead atoms. The molecule has 2 heterocycles. The van der Waals surface area contributed by atoms with Crippen LogP contribution < -0.4 is 5.32 Å². The van der Waals surface area contributed by atoms with Crippen molar-refractivity contribution in [3.05, 3.63) is 40.8 Å². The third-order valence-corrected chi connectivity index (χ3v) is 3.63. The Labute approximate surface area is 128 Å². The van der Waals surface area contributed by atoms with Crippen molar-refractivity contribution < 1.29 is 4.79 Å². The van der Waals surface area contributed by atoms with Gasteiger partial charge >= 0.3 is 0 Å². The number of aromatic nitrogens is 2. The predicted octanol–water partition coefficient (Wildman–Crippen LogP) is 3.59. The van der Waals surface area contributed by atoms with E-state index in [1.165, 1.54) is 0 Å². The number of nitrogens with one attached hydrogen (secondary N) is 1. The first-order chi connectivity index (χ1) is 9.84. The number of amides is 1. The minimum atomic E-state index is -0.155. The van der Waals surface area contributed by atoms with Gasteiger partial charge in [0, 0.05) is 27.8 Å². The number of rotatable bonds is 0. The fourth-order valence-electron chi connectivity index (χ4n) is 2.32. The normalized spacial score (nSPS) is 14.0. The van der Waals surface area contributed by atoms with Crippen LogP contribution in [0.15, 0.2) is 24.4 Å². The fourth-order valence-corrected chi connectivity index (χ4v) is 2.49. The van der Waals surface area contributed by atoms with Crippen molar-refractivity contribution in [1.29, 1.82) is 0 Å². The van der Waals surface area contributed by atoms with Crippen molar-refractivity contribution in [2.45, 2.75) is 32.6 Å². The van der Waals surface area contributed by atoms with Crippen molar-refractivity contribution in [3.8, 4) is 11.3 Å². The molecule has 1 amide bonds. The van der Waals surface area contributed by atoms with Crippen molar-refractivity contribution in [2.24, 2.45) is 0 Å². The summed E-state index contributed by atoms with van der Waals surface area (Å²) in [6.07, 6.45) is 2.02. The first kappa shape index (κ1) is 14.0. The zero-order valence-corrected chi connectivity index (χ0v) is 13.0. The second-order valence-electron chi connectivity index (χ2n) is 6.23. The number of halogens is 1. The molecule has 0 aliphatic carbocycles. The second kappa shape index (κ2) is 4.81. The van der Waals surface area contributed by atoms with Crippen LogP contribution >= 0.6 is 11.6 Å². The van der Waals surface area contributed by atoms with Crippen LogP contribution in [0.4, 0.5) is 5.69 Å². The quantitative estimate of drug-likeness (QED) is 0.809. The summed E-state index contributed by atoms with van der Waals surface area (Å²) >= 11 is 6.11. The summed E-state index contributed by atoms with van der Waals surface area (Å²) in [5.41, 5.74) is 3.03. The number of carbonyl (C=O) groups is 1. The Morgan fingerprint density at radius 3 is 2.76 bits per heavy atom. The van der Waals surface area contributed by atoms with E-state index in [0.717, 1.165) is 28.3 Å². The molecule has 1 aliphatic rings. The van der Waals surface area contributed by atoms with Gasteiger partial charge in [0.25, 0.3) is 0 Å². The maximum absolute atomic E-state index is 12.0. The zero-order chi connectivity index (χ0) is 15.2. The molecule has 5 heteroatoms. The van der Waals surface area contributed by atoms with E-state index in [4.69, 9.17) is 16.6 Å². The Bertz CT molecular complexity index is 735. The van der Waals surface area contributed by atoms with Gasteiger partial charge in [-0.05, 0) is 18.2 Å². The minimum Gasteiger partial charge on any atom is -0.325 e. The Morgan fingerprint density at radius 1 is 1.29 bits per heavy atom. The molecule has 0 saturated heterocycles. The molecule has 21 heavy (non-hydrogen) atoms. The highest BCUT2D eigenvalue weighted by Crippen LogP contribution is 2.35. The molecule has 108 valence electrons. The highest BCUT2D eigenvalue weighted by Gasteiger charge is 2.24. The molecule has 0 fully saturated rings. The van der Waals surface area contributed by atoms with Crippen LogP contribution in [0.2, 0.25) is 5.02 Å². The molecule has 2 aromatic rings. The molecule has 0 atom stereocenters. The number of fused-ring (bicyclic) bond motifs is 3. The fraction of sp³-hybridized carbons (Fsp3) is 0.312. The topological polar surface area (TPSA) is 54.9 Å². The average Bonchev–Trinajstić information content (AvgIpc) is 2.53. The van der Waals surface area contributed by atoms with E-state index >= 15 is 0 Å². The number of nitrogens with zero attached hydrogens (tertiary/aromatic N) is 2. The van der Waals surface area contributed by atoms with Gasteiger partial charge in [-0.25, -0.2) is 9.97 Å². The van der Waals surface area contributed by atoms with Gasteiger partial charge in [0.05, 0.1) is 17.8 Å². The van der Waals surface area contributed by atoms with E-state index in [0.29, 0.717) is 5.02 Å². The van der Waals surface area contributed by atoms with Gasteiger partial charge < -0.3 is 5.32 Å². The van der Waals surface area contributed by atoms with Crippen LogP contribution in [0, 0.1) is 0 Å². The van der Waals surface area contributed by atoms with E-state index in [1.807, 2.05) is 12.1 Å². The lowest BCUT2D eigenvalue weighted by Gasteiger charge is -2.18. The van der Waals surface area contributed by atoms with Gasteiger partial charge in [-0.15, -0.1) is 0 Å². The summed E-state index contributed by atoms with van der Waals surface area (Å²) < 4.78 is 0. The van der Waals surface area contributed by atoms with Gasteiger partial charge in [0.1, 0.15) is 5.82 Å². The average molecular weight is 302 g/mol. The maximum atomic E-state index is 12.0. The van der Waals surface area contributed by atoms with E-state index in [9.17, 15) is 4.79 Å². The summed E-state index contributed by atoms with van der Waals surface area (Å²) in [4.78, 5) is 21.1. The van der Waals surface area contributed by atoms with Crippen molar-refractivity contribution in [3.63, 3.8) is 0 Å². The summed E-state index contributed by atoms with van der Waals surface area (Å²) in [6.45, 7) is 6.19. The van der Waals surface area contributed by atoms with Crippen LogP contribution in [-0.4, -0.2) is 15.9 Å². The molecular formula is C16H16ClN3O. The van der Waals surface area contributed by atoms with Crippen LogP contribution in [0.5, 0.6) is 0 Å². The largest absolute Gasteiger partial charge is 0.325 e. The third-order valence-electron chi connectivity index (χ3n) is 3.40. The van der Waals surface area contributed by atoms with Crippen LogP contribution in [-0.2, 0) is 16.6 Å². The first-order valence-electron chi connectivity index (χ1n) is 6.81. The number of benzene rings is 1. The van der Waals surface area contributed by atoms with Gasteiger partial charge in [0.15, 0.2) is 0 Å². The lowest BCUT2D eigenvalue weighted by molar-refractivity contribution is -0.115. The Morgan fingerprint density at radius 2 is 2.05 bits per heavy atom. The summed E-state index contributed by atoms with van der Waals surface area (Å²) in [5.74, 6) is 0.686. The molecule has 0 unspecified atom stereocenters. The van der Waals surface area contributed by atoms with Crippen LogP contribution in [0.1, 0.15) is 32.2 Å². The summed E-state index contributed by atoms with van der Waals surface area (Å²) in [5, 5.41) is 3.51. The maximum Gasteiger partial charge on any atom is 0.228 e. The van der Waals surface area contributed by atoms with Gasteiger partial charge in [0.2, 0.25) is 5.91 Å². The van der Waals surface area contributed by atoms with Gasteiger partial charge in [-0.1, -0.05) is 32.4 Å². The molecular weight excluding hydrogens is 286 g/mol. The zero-order valence-electron chi connectivity index (χ0n) is 12.2. The lowest BCUT2D eigenvalue weighted by Crippen LogP contribution is -2.17. The van der Waals surface area contributed by atoms with Gasteiger partial charge in [-0.3, -0.25) is 4.79 Å².